The van der Waals surface area contributed by atoms with Crippen molar-refractivity contribution in [3.8, 4) is 0 Å². The number of allylic oxidation sites excluding steroid dienone is 4. The van der Waals surface area contributed by atoms with E-state index in [1.165, 1.54) is 154 Å². The Kier molecular flexibility index (Phi) is 42.9. The number of rotatable bonds is 45. The average molecular weight is 828 g/mol. The molecule has 0 rings (SSSR count). The van der Waals surface area contributed by atoms with Crippen LogP contribution in [0.15, 0.2) is 24.3 Å². The van der Waals surface area contributed by atoms with Gasteiger partial charge in [-0.2, -0.15) is 0 Å². The fourth-order valence-electron chi connectivity index (χ4n) is 6.74. The molecule has 0 aliphatic rings. The van der Waals surface area contributed by atoms with E-state index in [0.717, 1.165) is 44.9 Å². The summed E-state index contributed by atoms with van der Waals surface area (Å²) in [6.07, 6.45) is 47.8. The molecule has 0 saturated heterocycles. The number of hydrogen-bond acceptors (Lipinski definition) is 8. The van der Waals surface area contributed by atoms with Gasteiger partial charge < -0.3 is 20.1 Å². The summed E-state index contributed by atoms with van der Waals surface area (Å²) in [5.74, 6) is -0.827. The maximum atomic E-state index is 12.6. The first kappa shape index (κ1) is 55.5. The molecule has 0 aromatic heterocycles. The maximum Gasteiger partial charge on any atom is 0.472 e. The Hall–Kier alpha value is -1.51. The van der Waals surface area contributed by atoms with Crippen molar-refractivity contribution in [3.63, 3.8) is 0 Å². The van der Waals surface area contributed by atoms with Crippen LogP contribution in [0, 0.1) is 0 Å². The zero-order chi connectivity index (χ0) is 41.8. The van der Waals surface area contributed by atoms with Gasteiger partial charge in [-0.3, -0.25) is 18.6 Å². The number of phosphoric acid groups is 1. The molecule has 10 heteroatoms. The molecular weight excluding hydrogens is 737 g/mol. The number of carbonyl (C=O) groups is 2. The minimum Gasteiger partial charge on any atom is -0.462 e. The monoisotopic (exact) mass is 828 g/mol. The summed E-state index contributed by atoms with van der Waals surface area (Å²) in [4.78, 5) is 35.0. The molecular formula is C47H90NO8P. The summed E-state index contributed by atoms with van der Waals surface area (Å²) >= 11 is 0. The zero-order valence-electron chi connectivity index (χ0n) is 37.1. The highest BCUT2D eigenvalue weighted by Crippen LogP contribution is 2.43. The number of unbranched alkanes of at least 4 members (excludes halogenated alkanes) is 28. The quantitative estimate of drug-likeness (QED) is 0.0266. The summed E-state index contributed by atoms with van der Waals surface area (Å²) in [6, 6.07) is 0. The van der Waals surface area contributed by atoms with Gasteiger partial charge in [0.05, 0.1) is 13.2 Å². The van der Waals surface area contributed by atoms with E-state index in [4.69, 9.17) is 24.3 Å². The van der Waals surface area contributed by atoms with E-state index in [1.54, 1.807) is 0 Å². The van der Waals surface area contributed by atoms with E-state index < -0.39 is 26.5 Å². The van der Waals surface area contributed by atoms with Gasteiger partial charge in [0.25, 0.3) is 0 Å². The lowest BCUT2D eigenvalue weighted by atomic mass is 10.1. The smallest absolute Gasteiger partial charge is 0.462 e. The third-order valence-corrected chi connectivity index (χ3v) is 11.3. The first-order valence-electron chi connectivity index (χ1n) is 23.8. The topological polar surface area (TPSA) is 134 Å². The van der Waals surface area contributed by atoms with Gasteiger partial charge >= 0.3 is 19.8 Å². The summed E-state index contributed by atoms with van der Waals surface area (Å²) in [5, 5.41) is 0. The predicted molar refractivity (Wildman–Crippen MR) is 238 cm³/mol. The summed E-state index contributed by atoms with van der Waals surface area (Å²) in [7, 11) is -4.38. The van der Waals surface area contributed by atoms with Gasteiger partial charge in [0, 0.05) is 19.4 Å². The van der Waals surface area contributed by atoms with Crippen molar-refractivity contribution in [1.29, 1.82) is 0 Å². The van der Waals surface area contributed by atoms with Crippen LogP contribution >= 0.6 is 7.82 Å². The fraction of sp³-hybridized carbons (Fsp3) is 0.872. The van der Waals surface area contributed by atoms with E-state index >= 15 is 0 Å². The first-order chi connectivity index (χ1) is 27.8. The third kappa shape index (κ3) is 43.9. The fourth-order valence-corrected chi connectivity index (χ4v) is 7.51. The van der Waals surface area contributed by atoms with Gasteiger partial charge in [-0.1, -0.05) is 179 Å². The highest BCUT2D eigenvalue weighted by molar-refractivity contribution is 7.47. The van der Waals surface area contributed by atoms with Crippen molar-refractivity contribution in [1.82, 2.24) is 0 Å². The van der Waals surface area contributed by atoms with Crippen LogP contribution in [0.25, 0.3) is 0 Å². The highest BCUT2D eigenvalue weighted by Gasteiger charge is 2.26. The largest absolute Gasteiger partial charge is 0.472 e. The molecule has 0 amide bonds. The second kappa shape index (κ2) is 44.1. The van der Waals surface area contributed by atoms with E-state index in [1.807, 2.05) is 0 Å². The molecule has 2 atom stereocenters. The molecule has 0 spiro atoms. The van der Waals surface area contributed by atoms with Crippen LogP contribution < -0.4 is 5.73 Å². The Morgan fingerprint density at radius 3 is 1.25 bits per heavy atom. The standard InChI is InChI=1S/C47H90NO8P/c1-3-5-7-9-11-13-15-17-19-21-22-24-25-27-29-31-33-35-37-39-46(49)53-43-45(44-55-57(51,52)54-42-41-48)56-47(50)40-38-36-34-32-30-28-26-23-20-18-16-14-12-10-8-6-4-2/h17-20,45H,3-16,21-44,48H2,1-2H3,(H,51,52)/t45-/m1/s1. The number of esters is 2. The van der Waals surface area contributed by atoms with Crippen molar-refractivity contribution in [2.75, 3.05) is 26.4 Å². The van der Waals surface area contributed by atoms with Crippen LogP contribution in [-0.4, -0.2) is 49.3 Å². The van der Waals surface area contributed by atoms with Gasteiger partial charge in [-0.15, -0.1) is 0 Å². The number of phosphoric ester groups is 1. The lowest BCUT2D eigenvalue weighted by Gasteiger charge is -2.19. The molecule has 0 aromatic rings. The summed E-state index contributed by atoms with van der Waals surface area (Å²) in [5.41, 5.74) is 5.36. The van der Waals surface area contributed by atoms with Crippen molar-refractivity contribution in [3.05, 3.63) is 24.3 Å². The molecule has 0 aliphatic carbocycles. The molecule has 0 aromatic carbocycles. The van der Waals surface area contributed by atoms with Gasteiger partial charge in [-0.05, 0) is 64.2 Å². The average Bonchev–Trinajstić information content (AvgIpc) is 3.20. The van der Waals surface area contributed by atoms with E-state index in [2.05, 4.69) is 38.2 Å². The van der Waals surface area contributed by atoms with Crippen LogP contribution in [0.3, 0.4) is 0 Å². The number of nitrogens with two attached hydrogens (primary N) is 1. The van der Waals surface area contributed by atoms with Crippen LogP contribution in [0.2, 0.25) is 0 Å². The van der Waals surface area contributed by atoms with Crippen LogP contribution in [0.4, 0.5) is 0 Å². The van der Waals surface area contributed by atoms with Crippen LogP contribution in [0.1, 0.15) is 232 Å². The SMILES string of the molecule is CCCCCCCCC=CCCCCCCCCCCCC(=O)OC[C@H](COP(=O)(O)OCCN)OC(=O)CCCCCCCCCC=CCCCCCCCC. The molecule has 3 N–H and O–H groups in total. The molecule has 57 heavy (non-hydrogen) atoms. The van der Waals surface area contributed by atoms with E-state index in [9.17, 15) is 19.0 Å². The lowest BCUT2D eigenvalue weighted by Crippen LogP contribution is -2.29. The normalized spacial score (nSPS) is 13.4. The number of carbonyl (C=O) groups excluding carboxylic acids is 2. The molecule has 336 valence electrons. The Labute approximate surface area is 351 Å². The highest BCUT2D eigenvalue weighted by atomic mass is 31.2. The molecule has 0 bridgehead atoms. The first-order valence-corrected chi connectivity index (χ1v) is 25.3. The second-order valence-corrected chi connectivity index (χ2v) is 17.4. The van der Waals surface area contributed by atoms with Gasteiger partial charge in [-0.25, -0.2) is 4.57 Å². The number of ether oxygens (including phenoxy) is 2. The predicted octanol–water partition coefficient (Wildman–Crippen LogP) is 13.9. The second-order valence-electron chi connectivity index (χ2n) is 16.0. The molecule has 9 nitrogen and oxygen atoms in total. The minimum atomic E-state index is -4.38. The maximum absolute atomic E-state index is 12.6. The zero-order valence-corrected chi connectivity index (χ0v) is 38.0. The van der Waals surface area contributed by atoms with Gasteiger partial charge in [0.2, 0.25) is 0 Å². The molecule has 0 saturated carbocycles. The van der Waals surface area contributed by atoms with Crippen molar-refractivity contribution in [2.24, 2.45) is 5.73 Å². The molecule has 0 fully saturated rings. The Bertz CT molecular complexity index is 990. The Morgan fingerprint density at radius 1 is 0.509 bits per heavy atom. The van der Waals surface area contributed by atoms with Crippen molar-refractivity contribution in [2.45, 2.75) is 238 Å². The summed E-state index contributed by atoms with van der Waals surface area (Å²) < 4.78 is 32.9. The summed E-state index contributed by atoms with van der Waals surface area (Å²) in [6.45, 7) is 3.75. The minimum absolute atomic E-state index is 0.0537. The van der Waals surface area contributed by atoms with Crippen LogP contribution in [0.5, 0.6) is 0 Å². The van der Waals surface area contributed by atoms with E-state index in [0.29, 0.717) is 6.42 Å². The lowest BCUT2D eigenvalue weighted by molar-refractivity contribution is -0.161. The Morgan fingerprint density at radius 2 is 0.860 bits per heavy atom. The third-order valence-electron chi connectivity index (χ3n) is 10.3. The molecule has 0 radical (unpaired) electrons. The van der Waals surface area contributed by atoms with Crippen molar-refractivity contribution >= 4 is 19.8 Å². The van der Waals surface area contributed by atoms with Gasteiger partial charge in [0.1, 0.15) is 6.61 Å². The molecule has 0 heterocycles. The molecule has 0 aliphatic heterocycles. The van der Waals surface area contributed by atoms with Gasteiger partial charge in [0.15, 0.2) is 6.10 Å². The number of hydrogen-bond donors (Lipinski definition) is 2. The Balaban J connectivity index is 4.08. The van der Waals surface area contributed by atoms with E-state index in [-0.39, 0.29) is 38.6 Å². The molecule has 1 unspecified atom stereocenters. The van der Waals surface area contributed by atoms with Crippen molar-refractivity contribution < 1.29 is 37.6 Å². The van der Waals surface area contributed by atoms with Crippen LogP contribution in [-0.2, 0) is 32.7 Å².